The fourth-order valence-corrected chi connectivity index (χ4v) is 5.80. The van der Waals surface area contributed by atoms with E-state index in [0.717, 1.165) is 32.4 Å². The van der Waals surface area contributed by atoms with Crippen molar-refractivity contribution in [2.45, 2.75) is 37.8 Å². The molecule has 5 nitrogen and oxygen atoms in total. The van der Waals surface area contributed by atoms with Gasteiger partial charge >= 0.3 is 5.97 Å². The molecule has 2 aliphatic heterocycles. The molecule has 2 unspecified atom stereocenters. The maximum atomic E-state index is 12.4. The van der Waals surface area contributed by atoms with Gasteiger partial charge in [-0.3, -0.25) is 9.69 Å². The van der Waals surface area contributed by atoms with Crippen LogP contribution < -0.4 is 12.4 Å². The highest BCUT2D eigenvalue weighted by Crippen LogP contribution is 2.49. The minimum absolute atomic E-state index is 0. The van der Waals surface area contributed by atoms with Crippen molar-refractivity contribution in [1.82, 2.24) is 9.88 Å². The molecule has 146 valence electrons. The van der Waals surface area contributed by atoms with Crippen molar-refractivity contribution in [3.63, 3.8) is 0 Å². The Hall–Kier alpha value is -1.56. The number of aromatic nitrogens is 1. The maximum Gasteiger partial charge on any atom is 0.311 e. The first kappa shape index (κ1) is 18.8. The Kier molecular flexibility index (Phi) is 4.95. The second kappa shape index (κ2) is 7.12. The molecule has 3 aliphatic rings. The summed E-state index contributed by atoms with van der Waals surface area (Å²) in [6.45, 7) is 2.10. The number of esters is 1. The van der Waals surface area contributed by atoms with E-state index in [1.807, 2.05) is 0 Å². The Balaban J connectivity index is 0.00000180. The van der Waals surface area contributed by atoms with Gasteiger partial charge in [-0.05, 0) is 49.1 Å². The Morgan fingerprint density at radius 3 is 2.93 bits per heavy atom. The van der Waals surface area contributed by atoms with Crippen LogP contribution in [0.4, 0.5) is 0 Å². The number of methoxy groups -OCH3 is 1. The van der Waals surface area contributed by atoms with Gasteiger partial charge in [0.1, 0.15) is 0 Å². The number of hydrogen-bond donors (Lipinski definition) is 2. The van der Waals surface area contributed by atoms with Crippen molar-refractivity contribution in [3.8, 4) is 0 Å². The first-order valence-corrected chi connectivity index (χ1v) is 9.76. The summed E-state index contributed by atoms with van der Waals surface area (Å²) in [6, 6.07) is 8.83. The minimum atomic E-state index is -0.568. The van der Waals surface area contributed by atoms with Crippen molar-refractivity contribution < 1.29 is 27.0 Å². The number of aliphatic hydroxyl groups excluding tert-OH is 1. The lowest BCUT2D eigenvalue weighted by molar-refractivity contribution is -0.160. The van der Waals surface area contributed by atoms with E-state index in [4.69, 9.17) is 4.74 Å². The quantitative estimate of drug-likeness (QED) is 0.654. The van der Waals surface area contributed by atoms with Crippen molar-refractivity contribution in [2.24, 2.45) is 17.8 Å². The lowest BCUT2D eigenvalue weighted by atomic mass is 9.65. The van der Waals surface area contributed by atoms with E-state index in [0.29, 0.717) is 18.4 Å². The number of nitrogens with zero attached hydrogens (tertiary/aromatic N) is 1. The molecule has 5 atom stereocenters. The third kappa shape index (κ3) is 2.87. The van der Waals surface area contributed by atoms with Crippen LogP contribution in [0.15, 0.2) is 24.3 Å². The molecule has 1 saturated heterocycles. The molecular formula is C21H26ClN2O3-. The van der Waals surface area contributed by atoms with Crippen LogP contribution in [0.25, 0.3) is 10.9 Å². The number of ether oxygens (including phenoxy) is 1. The van der Waals surface area contributed by atoms with Gasteiger partial charge in [0.25, 0.3) is 0 Å². The van der Waals surface area contributed by atoms with Gasteiger partial charge in [-0.1, -0.05) is 18.2 Å². The van der Waals surface area contributed by atoms with Gasteiger partial charge < -0.3 is 27.2 Å². The molecule has 0 amide bonds. The number of carbonyl (C=O) groups is 1. The summed E-state index contributed by atoms with van der Waals surface area (Å²) in [7, 11) is 1.43. The number of aromatic amines is 1. The van der Waals surface area contributed by atoms with Crippen molar-refractivity contribution in [2.75, 3.05) is 20.2 Å². The van der Waals surface area contributed by atoms with Crippen LogP contribution in [0, 0.1) is 17.8 Å². The number of halogens is 1. The molecule has 2 N–H and O–H groups in total. The molecule has 1 aliphatic carbocycles. The van der Waals surface area contributed by atoms with E-state index in [-0.39, 0.29) is 30.2 Å². The number of fused-ring (bicyclic) bond motifs is 6. The second-order valence-electron chi connectivity index (χ2n) is 8.18. The Morgan fingerprint density at radius 1 is 1.30 bits per heavy atom. The highest BCUT2D eigenvalue weighted by Gasteiger charge is 2.49. The molecule has 1 saturated carbocycles. The van der Waals surface area contributed by atoms with Crippen LogP contribution in [0.5, 0.6) is 0 Å². The van der Waals surface area contributed by atoms with Crippen LogP contribution >= 0.6 is 0 Å². The van der Waals surface area contributed by atoms with E-state index >= 15 is 0 Å². The Morgan fingerprint density at radius 2 is 2.11 bits per heavy atom. The zero-order chi connectivity index (χ0) is 17.8. The lowest BCUT2D eigenvalue weighted by Gasteiger charge is -2.50. The molecule has 3 heterocycles. The fourth-order valence-electron chi connectivity index (χ4n) is 5.80. The van der Waals surface area contributed by atoms with Gasteiger partial charge in [-0.15, -0.1) is 0 Å². The molecule has 0 spiro atoms. The summed E-state index contributed by atoms with van der Waals surface area (Å²) in [5.41, 5.74) is 3.96. The van der Waals surface area contributed by atoms with Crippen LogP contribution in [0.1, 0.15) is 36.6 Å². The Labute approximate surface area is 165 Å². The number of piperidine rings is 1. The minimum Gasteiger partial charge on any atom is -1.00 e. The van der Waals surface area contributed by atoms with Gasteiger partial charge in [-0.25, -0.2) is 0 Å². The molecule has 2 aromatic rings. The van der Waals surface area contributed by atoms with Crippen molar-refractivity contribution in [3.05, 3.63) is 35.5 Å². The number of hydrogen-bond acceptors (Lipinski definition) is 4. The molecule has 1 aromatic carbocycles. The molecule has 0 bridgehead atoms. The van der Waals surface area contributed by atoms with Gasteiger partial charge in [-0.2, -0.15) is 0 Å². The standard InChI is InChI=1S/C21H26N2O3.ClH/c1-26-21(25)19-15-10-17-20-14(13-4-2-3-5-16(13)22-20)8-9-23(17)11-12(15)6-7-18(19)24;/h2-5,12,15,17-19,22,24H,6-11H2,1H3;1H/p-1/t12-,15-,17-,18?,19?;/m0./s1. The van der Waals surface area contributed by atoms with Gasteiger partial charge in [0.2, 0.25) is 0 Å². The predicted molar refractivity (Wildman–Crippen MR) is 98.7 cm³/mol. The summed E-state index contributed by atoms with van der Waals surface area (Å²) < 4.78 is 5.04. The average Bonchev–Trinajstić information content (AvgIpc) is 3.05. The molecule has 0 radical (unpaired) electrons. The molecular weight excluding hydrogens is 364 g/mol. The first-order valence-electron chi connectivity index (χ1n) is 9.76. The summed E-state index contributed by atoms with van der Waals surface area (Å²) in [4.78, 5) is 18.6. The van der Waals surface area contributed by atoms with Crippen LogP contribution in [-0.4, -0.2) is 47.3 Å². The second-order valence-corrected chi connectivity index (χ2v) is 8.18. The van der Waals surface area contributed by atoms with Crippen molar-refractivity contribution in [1.29, 1.82) is 0 Å². The molecule has 2 fully saturated rings. The number of H-pyrrole nitrogens is 1. The largest absolute Gasteiger partial charge is 1.00 e. The van der Waals surface area contributed by atoms with Gasteiger partial charge in [0, 0.05) is 29.7 Å². The van der Waals surface area contributed by atoms with Crippen LogP contribution in [-0.2, 0) is 16.0 Å². The number of aliphatic hydroxyl groups is 1. The zero-order valence-electron chi connectivity index (χ0n) is 15.5. The van der Waals surface area contributed by atoms with Gasteiger partial charge in [0.05, 0.1) is 25.2 Å². The molecule has 6 heteroatoms. The monoisotopic (exact) mass is 389 g/mol. The Bertz CT molecular complexity index is 851. The van der Waals surface area contributed by atoms with E-state index < -0.39 is 6.10 Å². The number of carbonyl (C=O) groups excluding carboxylic acids is 1. The predicted octanol–water partition coefficient (Wildman–Crippen LogP) is -0.349. The van der Waals surface area contributed by atoms with E-state index in [9.17, 15) is 9.90 Å². The van der Waals surface area contributed by atoms with E-state index in [2.05, 4.69) is 34.1 Å². The molecule has 1 aromatic heterocycles. The topological polar surface area (TPSA) is 65.6 Å². The summed E-state index contributed by atoms with van der Waals surface area (Å²) in [5.74, 6) is 0.0541. The number of rotatable bonds is 1. The van der Waals surface area contributed by atoms with Crippen LogP contribution in [0.2, 0.25) is 0 Å². The number of benzene rings is 1. The summed E-state index contributed by atoms with van der Waals surface area (Å²) >= 11 is 0. The maximum absolute atomic E-state index is 12.4. The fraction of sp³-hybridized carbons (Fsp3) is 0.571. The van der Waals surface area contributed by atoms with Gasteiger partial charge in [0.15, 0.2) is 0 Å². The third-order valence-electron chi connectivity index (χ3n) is 7.02. The van der Waals surface area contributed by atoms with Crippen molar-refractivity contribution >= 4 is 16.9 Å². The third-order valence-corrected chi connectivity index (χ3v) is 7.02. The SMILES string of the molecule is COC(=O)C1C(O)CC[C@H]2CN3CCc4c([nH]c5ccccc45)[C@@H]3C[C@H]12.[Cl-]. The average molecular weight is 390 g/mol. The highest BCUT2D eigenvalue weighted by atomic mass is 35.5. The lowest BCUT2D eigenvalue weighted by Crippen LogP contribution is -3.00. The summed E-state index contributed by atoms with van der Waals surface area (Å²) in [6.07, 6.45) is 3.14. The highest BCUT2D eigenvalue weighted by molar-refractivity contribution is 5.85. The summed E-state index contributed by atoms with van der Waals surface area (Å²) in [5, 5.41) is 11.8. The zero-order valence-corrected chi connectivity index (χ0v) is 16.3. The number of nitrogens with one attached hydrogen (secondary N) is 1. The van der Waals surface area contributed by atoms with Crippen LogP contribution in [0.3, 0.4) is 0 Å². The number of para-hydroxylation sites is 1. The molecule has 27 heavy (non-hydrogen) atoms. The van der Waals surface area contributed by atoms with E-state index in [1.54, 1.807) is 0 Å². The normalized spacial score (nSPS) is 32.7. The smallest absolute Gasteiger partial charge is 0.311 e. The first-order chi connectivity index (χ1) is 12.7. The molecule has 5 rings (SSSR count). The van der Waals surface area contributed by atoms with E-state index in [1.165, 1.54) is 29.3 Å².